The molecule has 0 aliphatic rings. The first-order valence-electron chi connectivity index (χ1n) is 3.92. The average Bonchev–Trinajstić information content (AvgIpc) is 2.53. The Bertz CT molecular complexity index is 422. The largest absolute Gasteiger partial charge is 0.159 e. The first-order chi connectivity index (χ1) is 6.27. The van der Waals surface area contributed by atoms with Gasteiger partial charge in [-0.15, -0.1) is 5.10 Å². The summed E-state index contributed by atoms with van der Waals surface area (Å²) in [7, 11) is 0. The maximum absolute atomic E-state index is 5.61. The number of aryl methyl sites for hydroxylation is 1. The Hall–Kier alpha value is -1.35. The second-order valence-electron chi connectivity index (χ2n) is 2.81. The predicted molar refractivity (Wildman–Crippen MR) is 51.4 cm³/mol. The minimum atomic E-state index is 0.799. The molecule has 0 N–H and O–H groups in total. The Kier molecular flexibility index (Phi) is 2.02. The highest BCUT2D eigenvalue weighted by atomic mass is 35.5. The maximum atomic E-state index is 5.61. The fourth-order valence-electron chi connectivity index (χ4n) is 1.23. The van der Waals surface area contributed by atoms with E-state index in [1.165, 1.54) is 9.76 Å². The van der Waals surface area contributed by atoms with E-state index < -0.39 is 0 Å². The van der Waals surface area contributed by atoms with E-state index in [2.05, 4.69) is 10.3 Å². The number of hydrogen-bond donors (Lipinski definition) is 0. The lowest BCUT2D eigenvalue weighted by Crippen LogP contribution is -1.81. The third-order valence-electron chi connectivity index (χ3n) is 1.89. The van der Waals surface area contributed by atoms with Gasteiger partial charge in [-0.3, -0.25) is 0 Å². The van der Waals surface area contributed by atoms with E-state index in [0.29, 0.717) is 0 Å². The van der Waals surface area contributed by atoms with Crippen molar-refractivity contribution >= 4 is 11.8 Å². The molecule has 0 spiro atoms. The number of benzene rings is 1. The molecule has 0 saturated carbocycles. The lowest BCUT2D eigenvalue weighted by atomic mass is 10.1. The third-order valence-corrected chi connectivity index (χ3v) is 2.05. The number of hydrogen-bond acceptors (Lipinski definition) is 2. The van der Waals surface area contributed by atoms with Crippen molar-refractivity contribution in [3.63, 3.8) is 0 Å². The minimum absolute atomic E-state index is 0.799. The average molecular weight is 194 g/mol. The first kappa shape index (κ1) is 8.26. The summed E-state index contributed by atoms with van der Waals surface area (Å²) in [6, 6.07) is 7.98. The predicted octanol–water partition coefficient (Wildman–Crippen LogP) is 2.26. The first-order valence-corrected chi connectivity index (χ1v) is 4.25. The molecular formula is C9H8ClN3. The molecule has 66 valence electrons. The van der Waals surface area contributed by atoms with Crippen molar-refractivity contribution in [2.75, 3.05) is 0 Å². The van der Waals surface area contributed by atoms with E-state index in [9.17, 15) is 0 Å². The summed E-state index contributed by atoms with van der Waals surface area (Å²) in [6.07, 6.45) is 1.68. The summed E-state index contributed by atoms with van der Waals surface area (Å²) < 4.78 is 1.18. The van der Waals surface area contributed by atoms with Gasteiger partial charge in [0.2, 0.25) is 0 Å². The number of halogens is 1. The molecule has 1 aromatic carbocycles. The summed E-state index contributed by atoms with van der Waals surface area (Å²) in [6.45, 7) is 2.03. The van der Waals surface area contributed by atoms with Gasteiger partial charge in [-0.05, 0) is 12.5 Å². The summed E-state index contributed by atoms with van der Waals surface area (Å²) in [4.78, 5) is 0. The molecule has 2 aromatic rings. The summed E-state index contributed by atoms with van der Waals surface area (Å²) in [5.74, 6) is 0. The lowest BCUT2D eigenvalue weighted by Gasteiger charge is -1.98. The van der Waals surface area contributed by atoms with Crippen LogP contribution in [0.2, 0.25) is 0 Å². The standard InChI is InChI=1S/C9H8ClN3/c1-7-4-2-3-5-8(7)9-6-13(10)12-11-9/h2-6H,1H3. The van der Waals surface area contributed by atoms with E-state index >= 15 is 0 Å². The van der Waals surface area contributed by atoms with Crippen LogP contribution in [0.15, 0.2) is 30.5 Å². The molecule has 0 bridgehead atoms. The Balaban J connectivity index is 2.52. The molecule has 0 fully saturated rings. The third kappa shape index (κ3) is 1.55. The zero-order valence-corrected chi connectivity index (χ0v) is 7.86. The Morgan fingerprint density at radius 1 is 1.31 bits per heavy atom. The Morgan fingerprint density at radius 2 is 2.08 bits per heavy atom. The summed E-state index contributed by atoms with van der Waals surface area (Å²) >= 11 is 5.61. The smallest absolute Gasteiger partial charge is 0.114 e. The molecule has 0 atom stereocenters. The van der Waals surface area contributed by atoms with Crippen LogP contribution in [0, 0.1) is 6.92 Å². The number of nitrogens with zero attached hydrogens (tertiary/aromatic N) is 3. The number of rotatable bonds is 1. The molecule has 13 heavy (non-hydrogen) atoms. The highest BCUT2D eigenvalue weighted by Crippen LogP contribution is 2.19. The second kappa shape index (κ2) is 3.18. The van der Waals surface area contributed by atoms with Gasteiger partial charge in [-0.1, -0.05) is 29.5 Å². The van der Waals surface area contributed by atoms with Crippen LogP contribution in [0.5, 0.6) is 0 Å². The van der Waals surface area contributed by atoms with Gasteiger partial charge >= 0.3 is 0 Å². The minimum Gasteiger partial charge on any atom is -0.159 e. The van der Waals surface area contributed by atoms with Gasteiger partial charge < -0.3 is 0 Å². The normalized spacial score (nSPS) is 10.3. The SMILES string of the molecule is Cc1ccccc1-c1cn(Cl)nn1. The molecule has 2 rings (SSSR count). The van der Waals surface area contributed by atoms with Crippen LogP contribution in [-0.4, -0.2) is 14.5 Å². The second-order valence-corrected chi connectivity index (χ2v) is 3.15. The molecule has 1 heterocycles. The van der Waals surface area contributed by atoms with Crippen LogP contribution < -0.4 is 0 Å². The molecule has 1 aromatic heterocycles. The van der Waals surface area contributed by atoms with Crippen molar-refractivity contribution in [2.45, 2.75) is 6.92 Å². The summed E-state index contributed by atoms with van der Waals surface area (Å²) in [5, 5.41) is 7.59. The van der Waals surface area contributed by atoms with Gasteiger partial charge in [0, 0.05) is 17.3 Å². The highest BCUT2D eigenvalue weighted by Gasteiger charge is 2.04. The van der Waals surface area contributed by atoms with Gasteiger partial charge in [0.05, 0.1) is 6.20 Å². The Labute approximate surface area is 81.1 Å². The molecular weight excluding hydrogens is 186 g/mol. The van der Waals surface area contributed by atoms with Crippen molar-refractivity contribution in [3.8, 4) is 11.3 Å². The Morgan fingerprint density at radius 3 is 2.69 bits per heavy atom. The molecule has 0 radical (unpaired) electrons. The van der Waals surface area contributed by atoms with Gasteiger partial charge in [0.1, 0.15) is 5.69 Å². The van der Waals surface area contributed by atoms with E-state index in [0.717, 1.165) is 11.3 Å². The van der Waals surface area contributed by atoms with E-state index in [1.807, 2.05) is 31.2 Å². The molecule has 3 nitrogen and oxygen atoms in total. The molecule has 0 unspecified atom stereocenters. The van der Waals surface area contributed by atoms with Gasteiger partial charge in [0.15, 0.2) is 0 Å². The zero-order valence-electron chi connectivity index (χ0n) is 7.11. The topological polar surface area (TPSA) is 30.7 Å². The molecule has 0 aliphatic heterocycles. The van der Waals surface area contributed by atoms with Gasteiger partial charge in [-0.25, -0.2) is 0 Å². The molecule has 0 amide bonds. The van der Waals surface area contributed by atoms with Crippen LogP contribution in [-0.2, 0) is 0 Å². The van der Waals surface area contributed by atoms with E-state index in [4.69, 9.17) is 11.8 Å². The van der Waals surface area contributed by atoms with Crippen molar-refractivity contribution in [2.24, 2.45) is 0 Å². The van der Waals surface area contributed by atoms with E-state index in [-0.39, 0.29) is 0 Å². The van der Waals surface area contributed by atoms with E-state index in [1.54, 1.807) is 6.20 Å². The summed E-state index contributed by atoms with van der Waals surface area (Å²) in [5.41, 5.74) is 3.03. The highest BCUT2D eigenvalue weighted by molar-refractivity contribution is 6.14. The quantitative estimate of drug-likeness (QED) is 0.696. The van der Waals surface area contributed by atoms with Crippen LogP contribution >= 0.6 is 11.8 Å². The fourth-order valence-corrected chi connectivity index (χ4v) is 1.35. The van der Waals surface area contributed by atoms with Crippen LogP contribution in [0.3, 0.4) is 0 Å². The lowest BCUT2D eigenvalue weighted by molar-refractivity contribution is 0.881. The van der Waals surface area contributed by atoms with Crippen LogP contribution in [0.1, 0.15) is 5.56 Å². The van der Waals surface area contributed by atoms with Crippen LogP contribution in [0.25, 0.3) is 11.3 Å². The van der Waals surface area contributed by atoms with Crippen molar-refractivity contribution < 1.29 is 0 Å². The number of aromatic nitrogens is 3. The molecule has 4 heteroatoms. The van der Waals surface area contributed by atoms with Crippen LogP contribution in [0.4, 0.5) is 0 Å². The monoisotopic (exact) mass is 193 g/mol. The molecule has 0 aliphatic carbocycles. The van der Waals surface area contributed by atoms with Gasteiger partial charge in [-0.2, -0.15) is 4.20 Å². The molecule has 0 saturated heterocycles. The van der Waals surface area contributed by atoms with Gasteiger partial charge in [0.25, 0.3) is 0 Å². The maximum Gasteiger partial charge on any atom is 0.114 e. The van der Waals surface area contributed by atoms with Crippen molar-refractivity contribution in [1.29, 1.82) is 0 Å². The fraction of sp³-hybridized carbons (Fsp3) is 0.111. The van der Waals surface area contributed by atoms with Crippen molar-refractivity contribution in [1.82, 2.24) is 14.5 Å². The zero-order chi connectivity index (χ0) is 9.26. The van der Waals surface area contributed by atoms with Crippen molar-refractivity contribution in [3.05, 3.63) is 36.0 Å².